The van der Waals surface area contributed by atoms with Crippen molar-refractivity contribution in [1.82, 2.24) is 4.98 Å². The Labute approximate surface area is 153 Å². The maximum atomic E-state index is 13.7. The van der Waals surface area contributed by atoms with Crippen LogP contribution in [-0.4, -0.2) is 11.2 Å². The SMILES string of the molecule is Fc1ccc(N2C(C(F)(F)F)=Cc3cccc4cc(C(F)(F)F)nc2c34)cc1. The van der Waals surface area contributed by atoms with Gasteiger partial charge in [-0.3, -0.25) is 4.90 Å². The Morgan fingerprint density at radius 2 is 1.50 bits per heavy atom. The molecule has 0 fully saturated rings. The second kappa shape index (κ2) is 5.95. The minimum absolute atomic E-state index is 0.0967. The number of pyridine rings is 1. The molecule has 2 heterocycles. The van der Waals surface area contributed by atoms with Crippen LogP contribution in [0, 0.1) is 5.82 Å². The van der Waals surface area contributed by atoms with Crippen LogP contribution in [0.4, 0.5) is 42.2 Å². The average Bonchev–Trinajstić information content (AvgIpc) is 2.61. The number of aromatic nitrogens is 1. The van der Waals surface area contributed by atoms with Crippen LogP contribution in [0.15, 0.2) is 54.2 Å². The third kappa shape index (κ3) is 2.96. The molecule has 2 nitrogen and oxygen atoms in total. The summed E-state index contributed by atoms with van der Waals surface area (Å²) in [5, 5.41) is 0.243. The lowest BCUT2D eigenvalue weighted by Gasteiger charge is -2.32. The molecule has 0 saturated carbocycles. The maximum Gasteiger partial charge on any atom is 0.433 e. The van der Waals surface area contributed by atoms with E-state index in [0.717, 1.165) is 36.4 Å². The van der Waals surface area contributed by atoms with Crippen LogP contribution in [0.25, 0.3) is 16.8 Å². The summed E-state index contributed by atoms with van der Waals surface area (Å²) in [4.78, 5) is 4.09. The predicted octanol–water partition coefficient (Wildman–Crippen LogP) is 6.45. The lowest BCUT2D eigenvalue weighted by atomic mass is 9.99. The first kappa shape index (κ1) is 18.3. The number of hydrogen-bond acceptors (Lipinski definition) is 2. The molecule has 1 aliphatic heterocycles. The summed E-state index contributed by atoms with van der Waals surface area (Å²) in [6.45, 7) is 0. The minimum atomic E-state index is -4.88. The van der Waals surface area contributed by atoms with Gasteiger partial charge in [0.05, 0.1) is 0 Å². The Balaban J connectivity index is 2.08. The van der Waals surface area contributed by atoms with Crippen molar-refractivity contribution in [2.24, 2.45) is 0 Å². The average molecular weight is 398 g/mol. The molecule has 144 valence electrons. The molecule has 0 atom stereocenters. The minimum Gasteiger partial charge on any atom is -0.290 e. The first-order chi connectivity index (χ1) is 13.1. The number of allylic oxidation sites excluding steroid dienone is 1. The van der Waals surface area contributed by atoms with E-state index in [0.29, 0.717) is 4.90 Å². The zero-order valence-electron chi connectivity index (χ0n) is 13.7. The highest BCUT2D eigenvalue weighted by atomic mass is 19.4. The summed E-state index contributed by atoms with van der Waals surface area (Å²) >= 11 is 0. The molecule has 28 heavy (non-hydrogen) atoms. The molecule has 0 amide bonds. The van der Waals surface area contributed by atoms with Crippen LogP contribution < -0.4 is 4.90 Å². The Bertz CT molecular complexity index is 1100. The lowest BCUT2D eigenvalue weighted by molar-refractivity contribution is -0.141. The molecule has 2 aromatic carbocycles. The van der Waals surface area contributed by atoms with Crippen molar-refractivity contribution >= 4 is 28.4 Å². The molecular weight excluding hydrogens is 389 g/mol. The number of halogens is 7. The van der Waals surface area contributed by atoms with Crippen molar-refractivity contribution in [3.05, 3.63) is 71.3 Å². The Kier molecular flexibility index (Phi) is 3.88. The topological polar surface area (TPSA) is 16.1 Å². The number of benzene rings is 2. The molecule has 3 aromatic rings. The van der Waals surface area contributed by atoms with Crippen molar-refractivity contribution in [2.45, 2.75) is 12.4 Å². The quantitative estimate of drug-likeness (QED) is 0.438. The summed E-state index contributed by atoms with van der Waals surface area (Å²) in [5.74, 6) is -1.21. The summed E-state index contributed by atoms with van der Waals surface area (Å²) in [6, 6.07) is 8.86. The van der Waals surface area contributed by atoms with Crippen molar-refractivity contribution in [2.75, 3.05) is 4.90 Å². The van der Waals surface area contributed by atoms with Crippen LogP contribution in [0.5, 0.6) is 0 Å². The number of nitrogens with zero attached hydrogens (tertiary/aromatic N) is 2. The second-order valence-corrected chi connectivity index (χ2v) is 6.11. The van der Waals surface area contributed by atoms with E-state index in [-0.39, 0.29) is 22.0 Å². The molecule has 0 N–H and O–H groups in total. The van der Waals surface area contributed by atoms with E-state index >= 15 is 0 Å². The monoisotopic (exact) mass is 398 g/mol. The molecule has 0 unspecified atom stereocenters. The Morgan fingerprint density at radius 3 is 2.11 bits per heavy atom. The van der Waals surface area contributed by atoms with Crippen molar-refractivity contribution in [3.63, 3.8) is 0 Å². The first-order valence-corrected chi connectivity index (χ1v) is 7.91. The van der Waals surface area contributed by atoms with E-state index in [9.17, 15) is 30.7 Å². The van der Waals surface area contributed by atoms with Crippen molar-refractivity contribution < 1.29 is 30.7 Å². The molecule has 0 aliphatic carbocycles. The van der Waals surface area contributed by atoms with Crippen molar-refractivity contribution in [3.8, 4) is 0 Å². The molecule has 0 spiro atoms. The summed E-state index contributed by atoms with van der Waals surface area (Å²) < 4.78 is 94.3. The van der Waals surface area contributed by atoms with Gasteiger partial charge < -0.3 is 0 Å². The van der Waals surface area contributed by atoms with E-state index in [1.54, 1.807) is 0 Å². The third-order valence-corrected chi connectivity index (χ3v) is 4.28. The number of alkyl halides is 6. The molecule has 1 aliphatic rings. The third-order valence-electron chi connectivity index (χ3n) is 4.28. The molecule has 9 heteroatoms. The van der Waals surface area contributed by atoms with E-state index in [1.165, 1.54) is 18.2 Å². The molecule has 1 aromatic heterocycles. The Morgan fingerprint density at radius 1 is 0.821 bits per heavy atom. The van der Waals surface area contributed by atoms with Crippen molar-refractivity contribution in [1.29, 1.82) is 0 Å². The van der Waals surface area contributed by atoms with Gasteiger partial charge in [-0.05, 0) is 47.4 Å². The normalized spacial score (nSPS) is 14.4. The summed E-state index contributed by atoms with van der Waals surface area (Å²) in [7, 11) is 0. The predicted molar refractivity (Wildman–Crippen MR) is 89.3 cm³/mol. The molecular formula is C19H9F7N2. The van der Waals surface area contributed by atoms with E-state index in [4.69, 9.17) is 0 Å². The van der Waals surface area contributed by atoms with Gasteiger partial charge in [-0.25, -0.2) is 9.37 Å². The highest BCUT2D eigenvalue weighted by Crippen LogP contribution is 2.46. The first-order valence-electron chi connectivity index (χ1n) is 7.91. The maximum absolute atomic E-state index is 13.7. The number of anilines is 2. The van der Waals surface area contributed by atoms with E-state index in [2.05, 4.69) is 4.98 Å². The largest absolute Gasteiger partial charge is 0.433 e. The van der Waals surface area contributed by atoms with Gasteiger partial charge in [0.15, 0.2) is 0 Å². The number of hydrogen-bond donors (Lipinski definition) is 0. The fourth-order valence-corrected chi connectivity index (χ4v) is 3.13. The lowest BCUT2D eigenvalue weighted by Crippen LogP contribution is -2.31. The van der Waals surface area contributed by atoms with Gasteiger partial charge in [0.25, 0.3) is 0 Å². The summed E-state index contributed by atoms with van der Waals surface area (Å²) in [5.41, 5.74) is -2.60. The van der Waals surface area contributed by atoms with Crippen LogP contribution in [0.1, 0.15) is 11.3 Å². The van der Waals surface area contributed by atoms with Crippen LogP contribution >= 0.6 is 0 Å². The molecule has 0 radical (unpaired) electrons. The zero-order valence-corrected chi connectivity index (χ0v) is 13.7. The smallest absolute Gasteiger partial charge is 0.290 e. The van der Waals surface area contributed by atoms with Gasteiger partial charge in [-0.15, -0.1) is 0 Å². The van der Waals surface area contributed by atoms with Gasteiger partial charge in [-0.1, -0.05) is 18.2 Å². The number of rotatable bonds is 1. The van der Waals surface area contributed by atoms with Gasteiger partial charge in [0, 0.05) is 11.1 Å². The van der Waals surface area contributed by atoms with Crippen LogP contribution in [-0.2, 0) is 6.18 Å². The fraction of sp³-hybridized carbons (Fsp3) is 0.105. The fourth-order valence-electron chi connectivity index (χ4n) is 3.13. The van der Waals surface area contributed by atoms with Gasteiger partial charge in [0.2, 0.25) is 0 Å². The van der Waals surface area contributed by atoms with Gasteiger partial charge in [-0.2, -0.15) is 26.3 Å². The summed E-state index contributed by atoms with van der Waals surface area (Å²) in [6.07, 6.45) is -8.90. The highest BCUT2D eigenvalue weighted by molar-refractivity contribution is 6.04. The van der Waals surface area contributed by atoms with Gasteiger partial charge in [0.1, 0.15) is 23.0 Å². The Hall–Kier alpha value is -3.10. The van der Waals surface area contributed by atoms with Crippen LogP contribution in [0.2, 0.25) is 0 Å². The molecule has 0 bridgehead atoms. The molecule has 0 saturated heterocycles. The van der Waals surface area contributed by atoms with Crippen LogP contribution in [0.3, 0.4) is 0 Å². The molecule has 4 rings (SSSR count). The van der Waals surface area contributed by atoms with E-state index < -0.39 is 35.4 Å². The standard InChI is InChI=1S/C19H9F7N2/c20-12-4-6-13(7-5-12)28-15(19(24,25)26)9-11-3-1-2-10-8-14(18(21,22)23)27-17(28)16(10)11/h1-9H. The van der Waals surface area contributed by atoms with Gasteiger partial charge >= 0.3 is 12.4 Å². The zero-order chi connectivity index (χ0) is 20.3. The van der Waals surface area contributed by atoms with E-state index in [1.807, 2.05) is 0 Å². The second-order valence-electron chi connectivity index (χ2n) is 6.11. The highest BCUT2D eigenvalue weighted by Gasteiger charge is 2.43.